The molecule has 2 N–H and O–H groups in total. The fraction of sp³-hybridized carbons (Fsp3) is 0.303. The molecule has 6 rings (SSSR count). The number of nitrogens with one attached hydrogen (secondary N) is 1. The number of likely N-dealkylation sites (tertiary alicyclic amines) is 1. The summed E-state index contributed by atoms with van der Waals surface area (Å²) in [6, 6.07) is 23.0. The maximum Gasteiger partial charge on any atom is 0.335 e. The first-order chi connectivity index (χ1) is 18.6. The molecule has 2 heterocycles. The van der Waals surface area contributed by atoms with Crippen LogP contribution in [0.25, 0.3) is 22.0 Å². The maximum absolute atomic E-state index is 12.5. The van der Waals surface area contributed by atoms with Crippen LogP contribution in [0.4, 0.5) is 4.39 Å². The van der Waals surface area contributed by atoms with E-state index in [0.717, 1.165) is 56.4 Å². The zero-order valence-electron chi connectivity index (χ0n) is 21.6. The van der Waals surface area contributed by atoms with Crippen LogP contribution < -0.4 is 0 Å². The van der Waals surface area contributed by atoms with Crippen LogP contribution in [0.5, 0.6) is 0 Å². The van der Waals surface area contributed by atoms with Gasteiger partial charge in [-0.25, -0.2) is 4.79 Å². The highest BCUT2D eigenvalue weighted by atomic mass is 19.1. The molecular formula is C33H33FN2O2. The highest BCUT2D eigenvalue weighted by molar-refractivity contribution is 6.03. The monoisotopic (exact) mass is 508 g/mol. The minimum Gasteiger partial charge on any atom is -0.478 e. The van der Waals surface area contributed by atoms with Gasteiger partial charge in [-0.05, 0) is 101 Å². The summed E-state index contributed by atoms with van der Waals surface area (Å²) >= 11 is 0. The average Bonchev–Trinajstić information content (AvgIpc) is 3.31. The number of aromatic amines is 1. The number of aromatic nitrogens is 1. The van der Waals surface area contributed by atoms with Crippen molar-refractivity contribution in [2.75, 3.05) is 26.3 Å². The Morgan fingerprint density at radius 3 is 2.45 bits per heavy atom. The van der Waals surface area contributed by atoms with Crippen molar-refractivity contribution in [3.05, 3.63) is 106 Å². The highest BCUT2D eigenvalue weighted by Gasteiger charge is 2.26. The number of aryl methyl sites for hydroxylation is 1. The van der Waals surface area contributed by atoms with Crippen molar-refractivity contribution >= 4 is 28.0 Å². The fourth-order valence-electron chi connectivity index (χ4n) is 6.27. The van der Waals surface area contributed by atoms with Gasteiger partial charge in [-0.2, -0.15) is 0 Å². The fourth-order valence-corrected chi connectivity index (χ4v) is 6.27. The Bertz CT molecular complexity index is 1480. The smallest absolute Gasteiger partial charge is 0.335 e. The first kappa shape index (κ1) is 24.6. The van der Waals surface area contributed by atoms with Crippen molar-refractivity contribution in [2.24, 2.45) is 5.92 Å². The quantitative estimate of drug-likeness (QED) is 0.270. The number of carboxylic acid groups (broad SMARTS) is 1. The number of halogens is 1. The predicted molar refractivity (Wildman–Crippen MR) is 151 cm³/mol. The van der Waals surface area contributed by atoms with Crippen molar-refractivity contribution in [3.8, 4) is 0 Å². The topological polar surface area (TPSA) is 56.3 Å². The number of benzene rings is 3. The van der Waals surface area contributed by atoms with Crippen molar-refractivity contribution in [2.45, 2.75) is 32.1 Å². The number of H-pyrrole nitrogens is 1. The molecule has 2 aliphatic rings. The van der Waals surface area contributed by atoms with Gasteiger partial charge >= 0.3 is 5.97 Å². The van der Waals surface area contributed by atoms with Crippen LogP contribution in [-0.4, -0.2) is 47.3 Å². The highest BCUT2D eigenvalue weighted by Crippen LogP contribution is 2.42. The number of nitrogens with zero attached hydrogens (tertiary/aromatic N) is 1. The van der Waals surface area contributed by atoms with E-state index in [9.17, 15) is 14.3 Å². The lowest BCUT2D eigenvalue weighted by molar-refractivity contribution is 0.0697. The van der Waals surface area contributed by atoms with Crippen LogP contribution in [-0.2, 0) is 12.8 Å². The third-order valence-electron chi connectivity index (χ3n) is 8.16. The number of hydrogen-bond donors (Lipinski definition) is 2. The summed E-state index contributed by atoms with van der Waals surface area (Å²) < 4.78 is 12.5. The Labute approximate surface area is 222 Å². The molecule has 194 valence electrons. The lowest BCUT2D eigenvalue weighted by atomic mass is 9.86. The number of carboxylic acids is 1. The lowest BCUT2D eigenvalue weighted by Gasteiger charge is -2.39. The summed E-state index contributed by atoms with van der Waals surface area (Å²) in [6.07, 6.45) is 6.67. The lowest BCUT2D eigenvalue weighted by Crippen LogP contribution is -2.47. The second kappa shape index (κ2) is 10.6. The van der Waals surface area contributed by atoms with Crippen molar-refractivity contribution in [1.82, 2.24) is 9.88 Å². The zero-order valence-corrected chi connectivity index (χ0v) is 21.6. The molecule has 1 fully saturated rings. The van der Waals surface area contributed by atoms with Crippen LogP contribution in [0.1, 0.15) is 57.4 Å². The van der Waals surface area contributed by atoms with E-state index in [1.54, 1.807) is 12.1 Å². The zero-order chi connectivity index (χ0) is 26.1. The van der Waals surface area contributed by atoms with Gasteiger partial charge < -0.3 is 15.0 Å². The van der Waals surface area contributed by atoms with Crippen LogP contribution in [0.15, 0.2) is 72.9 Å². The molecular weight excluding hydrogens is 475 g/mol. The van der Waals surface area contributed by atoms with Crippen LogP contribution in [0, 0.1) is 5.92 Å². The molecule has 3 aromatic carbocycles. The summed E-state index contributed by atoms with van der Waals surface area (Å²) in [7, 11) is 0. The molecule has 4 aromatic rings. The first-order valence-electron chi connectivity index (χ1n) is 13.6. The Hall–Kier alpha value is -3.70. The first-order valence-corrected chi connectivity index (χ1v) is 13.6. The van der Waals surface area contributed by atoms with E-state index in [2.05, 4.69) is 52.3 Å². The number of aromatic carboxylic acids is 1. The molecule has 1 aliphatic heterocycles. The third-order valence-corrected chi connectivity index (χ3v) is 8.16. The van der Waals surface area contributed by atoms with Gasteiger partial charge in [0.2, 0.25) is 0 Å². The van der Waals surface area contributed by atoms with Gasteiger partial charge in [-0.3, -0.25) is 4.39 Å². The normalized spacial score (nSPS) is 16.3. The van der Waals surface area contributed by atoms with Crippen LogP contribution in [0.2, 0.25) is 0 Å². The minimum absolute atomic E-state index is 0.233. The molecule has 38 heavy (non-hydrogen) atoms. The second-order valence-corrected chi connectivity index (χ2v) is 10.7. The number of carbonyl (C=O) groups is 1. The van der Waals surface area contributed by atoms with Gasteiger partial charge in [0.1, 0.15) is 0 Å². The van der Waals surface area contributed by atoms with E-state index in [-0.39, 0.29) is 6.67 Å². The van der Waals surface area contributed by atoms with E-state index in [1.165, 1.54) is 38.8 Å². The molecule has 1 saturated heterocycles. The average molecular weight is 509 g/mol. The van der Waals surface area contributed by atoms with Gasteiger partial charge in [-0.15, -0.1) is 0 Å². The summed E-state index contributed by atoms with van der Waals surface area (Å²) in [5.41, 5.74) is 10.2. The van der Waals surface area contributed by atoms with Crippen LogP contribution >= 0.6 is 0 Å². The predicted octanol–water partition coefficient (Wildman–Crippen LogP) is 7.00. The largest absolute Gasteiger partial charge is 0.478 e. The molecule has 0 bridgehead atoms. The summed E-state index contributed by atoms with van der Waals surface area (Å²) in [6.45, 7) is 2.75. The van der Waals surface area contributed by atoms with Gasteiger partial charge in [-0.1, -0.05) is 42.5 Å². The molecule has 0 saturated carbocycles. The van der Waals surface area contributed by atoms with Crippen molar-refractivity contribution in [3.63, 3.8) is 0 Å². The summed E-state index contributed by atoms with van der Waals surface area (Å²) in [4.78, 5) is 17.2. The number of hydrogen-bond acceptors (Lipinski definition) is 2. The van der Waals surface area contributed by atoms with E-state index in [4.69, 9.17) is 0 Å². The third kappa shape index (κ3) is 4.79. The molecule has 4 nitrogen and oxygen atoms in total. The Morgan fingerprint density at radius 1 is 0.947 bits per heavy atom. The van der Waals surface area contributed by atoms with Crippen LogP contribution in [0.3, 0.4) is 0 Å². The molecule has 0 atom stereocenters. The van der Waals surface area contributed by atoms with E-state index < -0.39 is 5.97 Å². The van der Waals surface area contributed by atoms with Gasteiger partial charge in [0.15, 0.2) is 0 Å². The van der Waals surface area contributed by atoms with Crippen molar-refractivity contribution in [1.29, 1.82) is 0 Å². The Morgan fingerprint density at radius 2 is 1.71 bits per heavy atom. The summed E-state index contributed by atoms with van der Waals surface area (Å²) in [5.74, 6) is -0.261. The number of fused-ring (bicyclic) bond motifs is 3. The molecule has 5 heteroatoms. The van der Waals surface area contributed by atoms with Gasteiger partial charge in [0.25, 0.3) is 0 Å². The van der Waals surface area contributed by atoms with Gasteiger partial charge in [0.05, 0.1) is 12.2 Å². The number of rotatable bonds is 8. The van der Waals surface area contributed by atoms with E-state index in [1.807, 2.05) is 18.3 Å². The molecule has 1 aromatic heterocycles. The second-order valence-electron chi connectivity index (χ2n) is 10.7. The maximum atomic E-state index is 12.5. The number of allylic oxidation sites excluding steroid dienone is 1. The molecule has 0 unspecified atom stereocenters. The van der Waals surface area contributed by atoms with E-state index in [0.29, 0.717) is 17.9 Å². The SMILES string of the molecule is O=C(O)c1ccc(C2=C(c3ccc(CC4CN(CCCF)C4)cc3)c3ccc4[nH]ccc4c3CCC2)cc1. The van der Waals surface area contributed by atoms with Crippen molar-refractivity contribution < 1.29 is 14.3 Å². The number of alkyl halides is 1. The minimum atomic E-state index is -0.903. The summed E-state index contributed by atoms with van der Waals surface area (Å²) in [5, 5.41) is 10.7. The van der Waals surface area contributed by atoms with Gasteiger partial charge in [0, 0.05) is 36.7 Å². The Balaban J connectivity index is 1.37. The molecule has 0 spiro atoms. The van der Waals surface area contributed by atoms with E-state index >= 15 is 0 Å². The standard InChI is InChI=1S/C33H33FN2O2/c34-16-2-18-36-20-23(21-36)19-22-5-7-25(8-6-22)32-27(24-9-11-26(12-10-24)33(37)38)3-1-4-28-29-15-17-35-31(29)14-13-30(28)32/h5-15,17,23,35H,1-4,16,18-21H2,(H,37,38). The molecule has 0 amide bonds. The molecule has 0 radical (unpaired) electrons. The Kier molecular flexibility index (Phi) is 6.86. The molecule has 1 aliphatic carbocycles.